The van der Waals surface area contributed by atoms with Crippen molar-refractivity contribution in [3.8, 4) is 0 Å². The third kappa shape index (κ3) is 6.39. The van der Waals surface area contributed by atoms with Gasteiger partial charge in [-0.3, -0.25) is 9.69 Å². The number of hydrogen-bond donors (Lipinski definition) is 0. The predicted molar refractivity (Wildman–Crippen MR) is 78.1 cm³/mol. The van der Waals surface area contributed by atoms with Gasteiger partial charge < -0.3 is 9.64 Å². The quantitative estimate of drug-likeness (QED) is 0.738. The second-order valence-electron chi connectivity index (χ2n) is 6.50. The van der Waals surface area contributed by atoms with Crippen LogP contribution >= 0.6 is 0 Å². The van der Waals surface area contributed by atoms with Crippen molar-refractivity contribution < 1.29 is 9.53 Å². The van der Waals surface area contributed by atoms with Crippen LogP contribution in [0.2, 0.25) is 0 Å². The summed E-state index contributed by atoms with van der Waals surface area (Å²) in [6.45, 7) is 15.4. The van der Waals surface area contributed by atoms with Crippen molar-refractivity contribution in [3.05, 3.63) is 0 Å². The number of amides is 1. The topological polar surface area (TPSA) is 32.8 Å². The van der Waals surface area contributed by atoms with Gasteiger partial charge in [0, 0.05) is 26.2 Å². The maximum Gasteiger partial charge on any atom is 0.236 e. The summed E-state index contributed by atoms with van der Waals surface area (Å²) >= 11 is 0. The third-order valence-electron chi connectivity index (χ3n) is 3.21. The van der Waals surface area contributed by atoms with Crippen molar-refractivity contribution in [1.29, 1.82) is 0 Å². The van der Waals surface area contributed by atoms with Crippen LogP contribution in [0.25, 0.3) is 0 Å². The van der Waals surface area contributed by atoms with Crippen LogP contribution in [0, 0.1) is 11.8 Å². The fourth-order valence-corrected chi connectivity index (χ4v) is 2.49. The molecule has 0 bridgehead atoms. The smallest absolute Gasteiger partial charge is 0.236 e. The Morgan fingerprint density at radius 2 is 1.84 bits per heavy atom. The van der Waals surface area contributed by atoms with E-state index in [1.165, 1.54) is 0 Å². The number of hydrogen-bond acceptors (Lipinski definition) is 3. The van der Waals surface area contributed by atoms with Crippen molar-refractivity contribution in [2.24, 2.45) is 11.8 Å². The molecule has 4 nitrogen and oxygen atoms in total. The SMILES string of the molecule is CC(C)CN(CC(C)C)C(=O)CN1CCOC(C)C1. The zero-order chi connectivity index (χ0) is 14.4. The molecule has 0 spiro atoms. The molecule has 0 aliphatic carbocycles. The Labute approximate surface area is 118 Å². The van der Waals surface area contributed by atoms with Gasteiger partial charge in [0.15, 0.2) is 0 Å². The molecule has 0 aromatic carbocycles. The average Bonchev–Trinajstić information content (AvgIpc) is 2.26. The highest BCUT2D eigenvalue weighted by Gasteiger charge is 2.22. The summed E-state index contributed by atoms with van der Waals surface area (Å²) in [5.41, 5.74) is 0. The van der Waals surface area contributed by atoms with Crippen LogP contribution in [0.5, 0.6) is 0 Å². The fourth-order valence-electron chi connectivity index (χ4n) is 2.49. The lowest BCUT2D eigenvalue weighted by Crippen LogP contribution is -2.48. The van der Waals surface area contributed by atoms with Gasteiger partial charge in [-0.05, 0) is 18.8 Å². The van der Waals surface area contributed by atoms with Crippen LogP contribution in [0.15, 0.2) is 0 Å². The molecule has 1 fully saturated rings. The Morgan fingerprint density at radius 1 is 1.26 bits per heavy atom. The molecule has 1 heterocycles. The molecule has 0 aromatic rings. The Hall–Kier alpha value is -0.610. The van der Waals surface area contributed by atoms with Gasteiger partial charge in [0.1, 0.15) is 0 Å². The molecule has 1 atom stereocenters. The van der Waals surface area contributed by atoms with Gasteiger partial charge >= 0.3 is 0 Å². The van der Waals surface area contributed by atoms with E-state index in [1.807, 2.05) is 4.90 Å². The molecule has 1 rings (SSSR count). The van der Waals surface area contributed by atoms with Crippen LogP contribution < -0.4 is 0 Å². The predicted octanol–water partition coefficient (Wildman–Crippen LogP) is 1.85. The van der Waals surface area contributed by atoms with Gasteiger partial charge in [0.2, 0.25) is 5.91 Å². The second kappa shape index (κ2) is 7.85. The van der Waals surface area contributed by atoms with E-state index in [0.29, 0.717) is 18.4 Å². The van der Waals surface area contributed by atoms with Crippen LogP contribution in [-0.4, -0.2) is 61.1 Å². The highest BCUT2D eigenvalue weighted by atomic mass is 16.5. The monoisotopic (exact) mass is 270 g/mol. The van der Waals surface area contributed by atoms with E-state index in [2.05, 4.69) is 39.5 Å². The van der Waals surface area contributed by atoms with E-state index in [9.17, 15) is 4.79 Å². The standard InChI is InChI=1S/C15H30N2O2/c1-12(2)8-17(9-13(3)4)15(18)11-16-6-7-19-14(5)10-16/h12-14H,6-11H2,1-5H3. The van der Waals surface area contributed by atoms with Gasteiger partial charge in [0.25, 0.3) is 0 Å². The lowest BCUT2D eigenvalue weighted by Gasteiger charge is -2.33. The van der Waals surface area contributed by atoms with E-state index >= 15 is 0 Å². The average molecular weight is 270 g/mol. The molecule has 1 aliphatic heterocycles. The normalized spacial score (nSPS) is 21.1. The molecule has 1 amide bonds. The first-order chi connectivity index (χ1) is 8.88. The summed E-state index contributed by atoms with van der Waals surface area (Å²) in [6.07, 6.45) is 0.241. The largest absolute Gasteiger partial charge is 0.376 e. The number of nitrogens with zero attached hydrogens (tertiary/aromatic N) is 2. The highest BCUT2D eigenvalue weighted by molar-refractivity contribution is 5.78. The first kappa shape index (κ1) is 16.4. The molecule has 4 heteroatoms. The van der Waals surface area contributed by atoms with Gasteiger partial charge in [-0.25, -0.2) is 0 Å². The molecule has 1 aliphatic rings. The Balaban J connectivity index is 2.50. The molecule has 112 valence electrons. The van der Waals surface area contributed by atoms with Crippen LogP contribution in [0.3, 0.4) is 0 Å². The lowest BCUT2D eigenvalue weighted by molar-refractivity contribution is -0.135. The Morgan fingerprint density at radius 3 is 2.32 bits per heavy atom. The molecule has 0 aromatic heterocycles. The fraction of sp³-hybridized carbons (Fsp3) is 0.933. The van der Waals surface area contributed by atoms with Crippen molar-refractivity contribution in [2.75, 3.05) is 39.3 Å². The van der Waals surface area contributed by atoms with Crippen molar-refractivity contribution >= 4 is 5.91 Å². The number of carbonyl (C=O) groups excluding carboxylic acids is 1. The van der Waals surface area contributed by atoms with Crippen LogP contribution in [0.4, 0.5) is 0 Å². The molecule has 1 saturated heterocycles. The first-order valence-corrected chi connectivity index (χ1v) is 7.50. The number of morpholine rings is 1. The van der Waals surface area contributed by atoms with Crippen LogP contribution in [0.1, 0.15) is 34.6 Å². The summed E-state index contributed by atoms with van der Waals surface area (Å²) in [4.78, 5) is 16.7. The molecule has 0 radical (unpaired) electrons. The summed E-state index contributed by atoms with van der Waals surface area (Å²) in [7, 11) is 0. The Kier molecular flexibility index (Phi) is 6.80. The summed E-state index contributed by atoms with van der Waals surface area (Å²) < 4.78 is 5.51. The molecular weight excluding hydrogens is 240 g/mol. The molecule has 19 heavy (non-hydrogen) atoms. The third-order valence-corrected chi connectivity index (χ3v) is 3.21. The van der Waals surface area contributed by atoms with E-state index in [1.54, 1.807) is 0 Å². The molecule has 1 unspecified atom stereocenters. The highest BCUT2D eigenvalue weighted by Crippen LogP contribution is 2.08. The minimum absolute atomic E-state index is 0.241. The summed E-state index contributed by atoms with van der Waals surface area (Å²) in [6, 6.07) is 0. The van der Waals surface area contributed by atoms with E-state index in [-0.39, 0.29) is 12.0 Å². The molecule has 0 saturated carbocycles. The van der Waals surface area contributed by atoms with Gasteiger partial charge in [0.05, 0.1) is 19.3 Å². The molecular formula is C15H30N2O2. The zero-order valence-corrected chi connectivity index (χ0v) is 13.2. The minimum atomic E-state index is 0.241. The number of carbonyl (C=O) groups is 1. The number of rotatable bonds is 6. The number of ether oxygens (including phenoxy) is 1. The summed E-state index contributed by atoms with van der Waals surface area (Å²) in [5.74, 6) is 1.30. The van der Waals surface area contributed by atoms with E-state index < -0.39 is 0 Å². The molecule has 0 N–H and O–H groups in total. The second-order valence-corrected chi connectivity index (χ2v) is 6.50. The van der Waals surface area contributed by atoms with Gasteiger partial charge in [-0.15, -0.1) is 0 Å². The maximum atomic E-state index is 12.4. The summed E-state index contributed by atoms with van der Waals surface area (Å²) in [5, 5.41) is 0. The van der Waals surface area contributed by atoms with Crippen molar-refractivity contribution in [3.63, 3.8) is 0 Å². The first-order valence-electron chi connectivity index (χ1n) is 7.50. The maximum absolute atomic E-state index is 12.4. The van der Waals surface area contributed by atoms with E-state index in [4.69, 9.17) is 4.74 Å². The Bertz CT molecular complexity index is 269. The van der Waals surface area contributed by atoms with Gasteiger partial charge in [-0.1, -0.05) is 27.7 Å². The minimum Gasteiger partial charge on any atom is -0.376 e. The van der Waals surface area contributed by atoms with Crippen molar-refractivity contribution in [1.82, 2.24) is 9.80 Å². The lowest BCUT2D eigenvalue weighted by atomic mass is 10.1. The van der Waals surface area contributed by atoms with Gasteiger partial charge in [-0.2, -0.15) is 0 Å². The van der Waals surface area contributed by atoms with Crippen molar-refractivity contribution in [2.45, 2.75) is 40.7 Å². The zero-order valence-electron chi connectivity index (χ0n) is 13.2. The van der Waals surface area contributed by atoms with Crippen LogP contribution in [-0.2, 0) is 9.53 Å². The van der Waals surface area contributed by atoms with E-state index in [0.717, 1.165) is 32.8 Å².